The number of nitrogens with one attached hydrogen (secondary N) is 2. The average Bonchev–Trinajstić information content (AvgIpc) is 3.61. The summed E-state index contributed by atoms with van der Waals surface area (Å²) in [5.41, 5.74) is -0.0176. The lowest BCUT2D eigenvalue weighted by Gasteiger charge is -2.22. The number of nitrogens with zero attached hydrogens (tertiary/aromatic N) is 1. The van der Waals surface area contributed by atoms with E-state index in [0.717, 1.165) is 12.1 Å². The zero-order chi connectivity index (χ0) is 29.3. The van der Waals surface area contributed by atoms with E-state index in [0.29, 0.717) is 22.0 Å². The van der Waals surface area contributed by atoms with Gasteiger partial charge >= 0.3 is 5.97 Å². The third kappa shape index (κ3) is 5.80. The maximum atomic E-state index is 15.0. The molecule has 1 atom stereocenters. The molecular weight excluding hydrogens is 542 g/mol. The minimum absolute atomic E-state index is 0.0125. The number of aliphatic carboxylic acids is 1. The van der Waals surface area contributed by atoms with Crippen LogP contribution in [-0.2, 0) is 23.2 Å². The lowest BCUT2D eigenvalue weighted by atomic mass is 9.91. The van der Waals surface area contributed by atoms with Gasteiger partial charge in [0.15, 0.2) is 11.6 Å². The minimum Gasteiger partial charge on any atom is -0.481 e. The maximum Gasteiger partial charge on any atom is 0.303 e. The van der Waals surface area contributed by atoms with Crippen LogP contribution in [0.5, 0.6) is 11.5 Å². The number of rotatable bonds is 10. The zero-order valence-corrected chi connectivity index (χ0v) is 21.7. The van der Waals surface area contributed by atoms with Crippen LogP contribution in [-0.4, -0.2) is 37.6 Å². The van der Waals surface area contributed by atoms with Crippen molar-refractivity contribution in [2.75, 3.05) is 0 Å². The molecule has 2 heterocycles. The second-order valence-corrected chi connectivity index (χ2v) is 9.74. The number of aliphatic hydroxyl groups is 1. The highest BCUT2D eigenvalue weighted by Crippen LogP contribution is 2.37. The van der Waals surface area contributed by atoms with Crippen LogP contribution < -0.4 is 4.74 Å². The standard InChI is InChI=1S/C30H25F4N3O4/c1-30(40,17-4-2-3-16(11-17)5-8-27(38)39)25-15-36-29(37-25)21-12-18(6-7-22(21)31)41-28-20(13-26(33)34)19-9-10-35-24(19)14-23(28)32/h2-4,6-7,9-12,14-15,26,35,40H,5,8,13H2,1H3,(H,36,37)(H,38,39). The molecule has 5 aromatic rings. The molecule has 41 heavy (non-hydrogen) atoms. The molecule has 0 radical (unpaired) electrons. The lowest BCUT2D eigenvalue weighted by Crippen LogP contribution is -2.23. The molecule has 1 unspecified atom stereocenters. The topological polar surface area (TPSA) is 111 Å². The Morgan fingerprint density at radius 3 is 2.63 bits per heavy atom. The van der Waals surface area contributed by atoms with E-state index < -0.39 is 36.1 Å². The molecule has 0 saturated carbocycles. The normalized spacial score (nSPS) is 13.0. The highest BCUT2D eigenvalue weighted by atomic mass is 19.3. The Bertz CT molecular complexity index is 1730. The zero-order valence-electron chi connectivity index (χ0n) is 21.7. The van der Waals surface area contributed by atoms with Crippen LogP contribution in [0.4, 0.5) is 17.6 Å². The third-order valence-electron chi connectivity index (χ3n) is 6.83. The van der Waals surface area contributed by atoms with Gasteiger partial charge in [-0.05, 0) is 48.7 Å². The summed E-state index contributed by atoms with van der Waals surface area (Å²) >= 11 is 0. The van der Waals surface area contributed by atoms with Gasteiger partial charge in [-0.1, -0.05) is 24.3 Å². The van der Waals surface area contributed by atoms with Crippen molar-refractivity contribution in [1.82, 2.24) is 15.0 Å². The first kappa shape index (κ1) is 27.9. The molecule has 0 aliphatic heterocycles. The highest BCUT2D eigenvalue weighted by molar-refractivity contribution is 5.85. The quantitative estimate of drug-likeness (QED) is 0.140. The molecule has 7 nitrogen and oxygen atoms in total. The summed E-state index contributed by atoms with van der Waals surface area (Å²) in [5, 5.41) is 20.7. The van der Waals surface area contributed by atoms with E-state index in [9.17, 15) is 27.5 Å². The molecule has 0 saturated heterocycles. The van der Waals surface area contributed by atoms with E-state index in [1.54, 1.807) is 30.3 Å². The van der Waals surface area contributed by atoms with Gasteiger partial charge in [0.05, 0.1) is 11.3 Å². The van der Waals surface area contributed by atoms with Crippen LogP contribution in [0.15, 0.2) is 67.0 Å². The van der Waals surface area contributed by atoms with Crippen molar-refractivity contribution < 1.29 is 37.3 Å². The molecule has 2 aromatic heterocycles. The van der Waals surface area contributed by atoms with Gasteiger partial charge < -0.3 is 24.9 Å². The van der Waals surface area contributed by atoms with Crippen LogP contribution in [0, 0.1) is 11.6 Å². The molecule has 212 valence electrons. The number of ether oxygens (including phenoxy) is 1. The summed E-state index contributed by atoms with van der Waals surface area (Å²) in [6.45, 7) is 1.50. The van der Waals surface area contributed by atoms with Crippen molar-refractivity contribution in [3.63, 3.8) is 0 Å². The van der Waals surface area contributed by atoms with Crippen molar-refractivity contribution in [1.29, 1.82) is 0 Å². The Morgan fingerprint density at radius 2 is 1.88 bits per heavy atom. The van der Waals surface area contributed by atoms with Gasteiger partial charge in [0.2, 0.25) is 6.43 Å². The Morgan fingerprint density at radius 1 is 1.07 bits per heavy atom. The van der Waals surface area contributed by atoms with Gasteiger partial charge in [-0.15, -0.1) is 0 Å². The Balaban J connectivity index is 1.46. The van der Waals surface area contributed by atoms with E-state index in [4.69, 9.17) is 9.84 Å². The predicted octanol–water partition coefficient (Wildman–Crippen LogP) is 6.71. The van der Waals surface area contributed by atoms with Crippen molar-refractivity contribution in [2.24, 2.45) is 0 Å². The second kappa shape index (κ2) is 11.1. The summed E-state index contributed by atoms with van der Waals surface area (Å²) in [5.74, 6) is -2.85. The first-order valence-electron chi connectivity index (χ1n) is 12.7. The number of carbonyl (C=O) groups is 1. The Hall–Kier alpha value is -4.64. The smallest absolute Gasteiger partial charge is 0.303 e. The average molecular weight is 568 g/mol. The predicted molar refractivity (Wildman–Crippen MR) is 143 cm³/mol. The summed E-state index contributed by atoms with van der Waals surface area (Å²) in [6, 6.07) is 13.1. The van der Waals surface area contributed by atoms with Crippen LogP contribution in [0.2, 0.25) is 0 Å². The number of alkyl halides is 2. The van der Waals surface area contributed by atoms with E-state index in [1.165, 1.54) is 31.5 Å². The van der Waals surface area contributed by atoms with Crippen molar-refractivity contribution in [3.8, 4) is 22.9 Å². The van der Waals surface area contributed by atoms with E-state index in [-0.39, 0.29) is 47.0 Å². The number of carboxylic acids is 1. The van der Waals surface area contributed by atoms with Crippen LogP contribution >= 0.6 is 0 Å². The molecule has 4 N–H and O–H groups in total. The SMILES string of the molecule is CC(O)(c1cccc(CCC(=O)O)c1)c1c[nH]c(-c2cc(Oc3c(F)cc4[nH]ccc4c3CC(F)F)ccc2F)n1. The van der Waals surface area contributed by atoms with Crippen molar-refractivity contribution in [3.05, 3.63) is 101 Å². The molecule has 0 aliphatic rings. The van der Waals surface area contributed by atoms with E-state index in [1.807, 2.05) is 0 Å². The molecule has 5 rings (SSSR count). The monoisotopic (exact) mass is 567 g/mol. The number of hydrogen-bond acceptors (Lipinski definition) is 4. The summed E-state index contributed by atoms with van der Waals surface area (Å²) in [6.07, 6.45) is -0.375. The molecule has 0 spiro atoms. The Kier molecular flexibility index (Phi) is 7.55. The van der Waals surface area contributed by atoms with Crippen LogP contribution in [0.3, 0.4) is 0 Å². The number of fused-ring (bicyclic) bond motifs is 1. The molecule has 3 aromatic carbocycles. The molecule has 0 amide bonds. The first-order chi connectivity index (χ1) is 19.5. The fourth-order valence-corrected chi connectivity index (χ4v) is 4.70. The number of hydrogen-bond donors (Lipinski definition) is 4. The number of imidazole rings is 1. The fourth-order valence-electron chi connectivity index (χ4n) is 4.70. The number of aryl methyl sites for hydroxylation is 1. The number of aromatic nitrogens is 3. The van der Waals surface area contributed by atoms with Crippen molar-refractivity contribution >= 4 is 16.9 Å². The lowest BCUT2D eigenvalue weighted by molar-refractivity contribution is -0.136. The molecular formula is C30H25F4N3O4. The molecule has 11 heteroatoms. The van der Waals surface area contributed by atoms with Gasteiger partial charge in [0, 0.05) is 47.8 Å². The maximum absolute atomic E-state index is 15.0. The number of aromatic amines is 2. The van der Waals surface area contributed by atoms with E-state index in [2.05, 4.69) is 15.0 Å². The molecule has 0 fully saturated rings. The molecule has 0 bridgehead atoms. The van der Waals surface area contributed by atoms with Crippen molar-refractivity contribution in [2.45, 2.75) is 38.2 Å². The van der Waals surface area contributed by atoms with E-state index >= 15 is 0 Å². The highest BCUT2D eigenvalue weighted by Gasteiger charge is 2.29. The fraction of sp³-hybridized carbons (Fsp3) is 0.200. The molecule has 0 aliphatic carbocycles. The number of H-pyrrole nitrogens is 2. The van der Waals surface area contributed by atoms with Gasteiger partial charge in [0.1, 0.15) is 23.0 Å². The number of carboxylic acid groups (broad SMARTS) is 1. The van der Waals surface area contributed by atoms with Crippen LogP contribution in [0.25, 0.3) is 22.3 Å². The first-order valence-corrected chi connectivity index (χ1v) is 12.7. The number of benzene rings is 3. The van der Waals surface area contributed by atoms with Gasteiger partial charge in [-0.3, -0.25) is 4.79 Å². The number of halogens is 4. The summed E-state index contributed by atoms with van der Waals surface area (Å²) < 4.78 is 62.3. The minimum atomic E-state index is -2.76. The van der Waals surface area contributed by atoms with Crippen LogP contribution in [0.1, 0.15) is 35.7 Å². The largest absolute Gasteiger partial charge is 0.481 e. The van der Waals surface area contributed by atoms with Gasteiger partial charge in [-0.2, -0.15) is 0 Å². The second-order valence-electron chi connectivity index (χ2n) is 9.74. The third-order valence-corrected chi connectivity index (χ3v) is 6.83. The van der Waals surface area contributed by atoms with Gasteiger partial charge in [-0.25, -0.2) is 22.5 Å². The Labute approximate surface area is 231 Å². The summed E-state index contributed by atoms with van der Waals surface area (Å²) in [7, 11) is 0. The summed E-state index contributed by atoms with van der Waals surface area (Å²) in [4.78, 5) is 20.9. The van der Waals surface area contributed by atoms with Gasteiger partial charge in [0.25, 0.3) is 0 Å².